The molecule has 1 N–H and O–H groups in total. The fraction of sp³-hybridized carbons (Fsp3) is 0.440. The minimum Gasteiger partial charge on any atom is -0.494 e. The van der Waals surface area contributed by atoms with Crippen molar-refractivity contribution in [2.75, 3.05) is 44.4 Å². The van der Waals surface area contributed by atoms with Gasteiger partial charge in [0.2, 0.25) is 0 Å². The predicted molar refractivity (Wildman–Crippen MR) is 125 cm³/mol. The highest BCUT2D eigenvalue weighted by Crippen LogP contribution is 2.29. The lowest BCUT2D eigenvalue weighted by molar-refractivity contribution is 0.194. The maximum atomic E-state index is 6.44. The van der Waals surface area contributed by atoms with E-state index in [2.05, 4.69) is 57.6 Å². The maximum absolute atomic E-state index is 6.44. The van der Waals surface area contributed by atoms with E-state index >= 15 is 0 Å². The van der Waals surface area contributed by atoms with Gasteiger partial charge < -0.3 is 15.0 Å². The van der Waals surface area contributed by atoms with Gasteiger partial charge in [0, 0.05) is 29.5 Å². The van der Waals surface area contributed by atoms with Crippen LogP contribution in [0.2, 0.25) is 5.02 Å². The molecule has 0 bridgehead atoms. The third-order valence-corrected chi connectivity index (χ3v) is 6.48. The van der Waals surface area contributed by atoms with Crippen molar-refractivity contribution in [3.8, 4) is 5.75 Å². The van der Waals surface area contributed by atoms with Crippen LogP contribution in [0.5, 0.6) is 5.75 Å². The number of ether oxygens (including phenoxy) is 1. The van der Waals surface area contributed by atoms with Crippen molar-refractivity contribution in [1.82, 2.24) is 10.2 Å². The number of piperidine rings is 1. The molecule has 4 rings (SSSR count). The van der Waals surface area contributed by atoms with Crippen LogP contribution >= 0.6 is 11.6 Å². The number of nitrogens with one attached hydrogen (secondary N) is 1. The van der Waals surface area contributed by atoms with Gasteiger partial charge in [0.1, 0.15) is 5.75 Å². The molecule has 0 atom stereocenters. The fourth-order valence-electron chi connectivity index (χ4n) is 4.37. The van der Waals surface area contributed by atoms with Crippen LogP contribution in [0.3, 0.4) is 0 Å². The van der Waals surface area contributed by atoms with Crippen molar-refractivity contribution in [2.24, 2.45) is 5.92 Å². The summed E-state index contributed by atoms with van der Waals surface area (Å²) in [7, 11) is 0. The van der Waals surface area contributed by atoms with Crippen LogP contribution in [-0.4, -0.2) is 44.4 Å². The van der Waals surface area contributed by atoms with Gasteiger partial charge in [-0.15, -0.1) is 0 Å². The van der Waals surface area contributed by atoms with Crippen LogP contribution in [0, 0.1) is 5.92 Å². The first-order valence-corrected chi connectivity index (χ1v) is 11.5. The second-order valence-electron chi connectivity index (χ2n) is 8.23. The van der Waals surface area contributed by atoms with Gasteiger partial charge in [0.15, 0.2) is 0 Å². The van der Waals surface area contributed by atoms with Crippen molar-refractivity contribution in [3.63, 3.8) is 0 Å². The van der Waals surface area contributed by atoms with E-state index in [1.807, 2.05) is 19.1 Å². The Morgan fingerprint density at radius 3 is 2.60 bits per heavy atom. The molecular weight excluding hydrogens is 394 g/mol. The fourth-order valence-corrected chi connectivity index (χ4v) is 4.57. The Morgan fingerprint density at radius 2 is 1.90 bits per heavy atom. The molecule has 0 unspecified atom stereocenters. The minimum atomic E-state index is 0.687. The van der Waals surface area contributed by atoms with Gasteiger partial charge in [-0.2, -0.15) is 0 Å². The van der Waals surface area contributed by atoms with Crippen LogP contribution in [-0.2, 0) is 6.42 Å². The first kappa shape index (κ1) is 21.1. The van der Waals surface area contributed by atoms with E-state index in [-0.39, 0.29) is 0 Å². The van der Waals surface area contributed by atoms with Gasteiger partial charge in [-0.25, -0.2) is 0 Å². The van der Waals surface area contributed by atoms with Gasteiger partial charge in [-0.1, -0.05) is 29.8 Å². The van der Waals surface area contributed by atoms with Crippen LogP contribution in [0.1, 0.15) is 25.3 Å². The average Bonchev–Trinajstić information content (AvgIpc) is 2.79. The van der Waals surface area contributed by atoms with E-state index in [4.69, 9.17) is 16.3 Å². The van der Waals surface area contributed by atoms with Crippen molar-refractivity contribution in [3.05, 3.63) is 70.9 Å². The van der Waals surface area contributed by atoms with Crippen LogP contribution in [0.25, 0.3) is 0 Å². The summed E-state index contributed by atoms with van der Waals surface area (Å²) in [6.45, 7) is 7.87. The van der Waals surface area contributed by atoms with Gasteiger partial charge in [-0.05, 0) is 87.2 Å². The van der Waals surface area contributed by atoms with Crippen molar-refractivity contribution < 1.29 is 4.74 Å². The second-order valence-corrected chi connectivity index (χ2v) is 8.64. The SMILES string of the molecule is CCOc1ccc(Cl)c(CC2CCN(CC3=CCN(c4ccccc4)CN3)CC2)c1. The standard InChI is InChI=1S/C25H32ClN3O/c1-2-30-24-8-9-25(26)21(17-24)16-20-10-13-28(14-11-20)18-22-12-15-29(19-27-22)23-6-4-3-5-7-23/h3-9,12,17,20,27H,2,10-11,13-16,18-19H2,1H3. The number of benzene rings is 2. The number of hydrogen-bond acceptors (Lipinski definition) is 4. The molecule has 2 heterocycles. The molecule has 0 spiro atoms. The monoisotopic (exact) mass is 425 g/mol. The van der Waals surface area contributed by atoms with E-state index in [1.54, 1.807) is 0 Å². The summed E-state index contributed by atoms with van der Waals surface area (Å²) in [5.74, 6) is 1.62. The zero-order valence-corrected chi connectivity index (χ0v) is 18.6. The summed E-state index contributed by atoms with van der Waals surface area (Å²) in [4.78, 5) is 4.93. The Morgan fingerprint density at radius 1 is 1.10 bits per heavy atom. The smallest absolute Gasteiger partial charge is 0.119 e. The first-order valence-electron chi connectivity index (χ1n) is 11.1. The highest BCUT2D eigenvalue weighted by molar-refractivity contribution is 6.31. The summed E-state index contributed by atoms with van der Waals surface area (Å²) < 4.78 is 5.64. The van der Waals surface area contributed by atoms with E-state index in [0.717, 1.165) is 50.0 Å². The highest BCUT2D eigenvalue weighted by atomic mass is 35.5. The Kier molecular flexibility index (Phi) is 7.19. The van der Waals surface area contributed by atoms with Crippen molar-refractivity contribution >= 4 is 17.3 Å². The summed E-state index contributed by atoms with van der Waals surface area (Å²) in [5, 5.41) is 4.47. The summed E-state index contributed by atoms with van der Waals surface area (Å²) >= 11 is 6.44. The number of nitrogens with zero attached hydrogens (tertiary/aromatic N) is 2. The van der Waals surface area contributed by atoms with Crippen LogP contribution in [0.15, 0.2) is 60.3 Å². The van der Waals surface area contributed by atoms with E-state index in [0.29, 0.717) is 12.5 Å². The average molecular weight is 426 g/mol. The molecule has 0 saturated carbocycles. The molecule has 1 fully saturated rings. The van der Waals surface area contributed by atoms with Crippen LogP contribution < -0.4 is 15.0 Å². The van der Waals surface area contributed by atoms with Gasteiger partial charge in [0.25, 0.3) is 0 Å². The number of halogens is 1. The summed E-state index contributed by atoms with van der Waals surface area (Å²) in [6.07, 6.45) is 5.82. The molecule has 0 aliphatic carbocycles. The van der Waals surface area contributed by atoms with Gasteiger partial charge >= 0.3 is 0 Å². The third-order valence-electron chi connectivity index (χ3n) is 6.11. The Balaban J connectivity index is 1.24. The second kappa shape index (κ2) is 10.2. The maximum Gasteiger partial charge on any atom is 0.119 e. The molecule has 2 aliphatic rings. The molecule has 160 valence electrons. The third kappa shape index (κ3) is 5.50. The van der Waals surface area contributed by atoms with Crippen molar-refractivity contribution in [2.45, 2.75) is 26.2 Å². The number of rotatable bonds is 7. The van der Waals surface area contributed by atoms with E-state index in [1.165, 1.54) is 29.8 Å². The Labute approximate surface area is 185 Å². The number of hydrogen-bond donors (Lipinski definition) is 1. The lowest BCUT2D eigenvalue weighted by atomic mass is 9.90. The van der Waals surface area contributed by atoms with Gasteiger partial charge in [-0.3, -0.25) is 4.90 Å². The predicted octanol–water partition coefficient (Wildman–Crippen LogP) is 4.94. The summed E-state index contributed by atoms with van der Waals surface area (Å²) in [5.41, 5.74) is 3.85. The molecule has 2 aliphatic heterocycles. The summed E-state index contributed by atoms with van der Waals surface area (Å²) in [6, 6.07) is 16.6. The van der Waals surface area contributed by atoms with Crippen LogP contribution in [0.4, 0.5) is 5.69 Å². The number of para-hydroxylation sites is 1. The molecule has 1 saturated heterocycles. The molecule has 2 aromatic rings. The molecular formula is C25H32ClN3O. The zero-order chi connectivity index (χ0) is 20.8. The molecule has 5 heteroatoms. The molecule has 30 heavy (non-hydrogen) atoms. The minimum absolute atomic E-state index is 0.687. The number of likely N-dealkylation sites (tertiary alicyclic amines) is 1. The van der Waals surface area contributed by atoms with E-state index < -0.39 is 0 Å². The van der Waals surface area contributed by atoms with E-state index in [9.17, 15) is 0 Å². The molecule has 0 amide bonds. The zero-order valence-electron chi connectivity index (χ0n) is 17.8. The Bertz CT molecular complexity index is 847. The van der Waals surface area contributed by atoms with Crippen molar-refractivity contribution in [1.29, 1.82) is 0 Å². The molecule has 2 aromatic carbocycles. The molecule has 0 radical (unpaired) electrons. The first-order chi connectivity index (χ1) is 14.7. The molecule has 4 nitrogen and oxygen atoms in total. The Hall–Kier alpha value is -2.17. The van der Waals surface area contributed by atoms with Gasteiger partial charge in [0.05, 0.1) is 13.3 Å². The molecule has 0 aromatic heterocycles. The lowest BCUT2D eigenvalue weighted by Gasteiger charge is -2.35. The lowest BCUT2D eigenvalue weighted by Crippen LogP contribution is -2.43. The quantitative estimate of drug-likeness (QED) is 0.679. The topological polar surface area (TPSA) is 27.7 Å². The highest BCUT2D eigenvalue weighted by Gasteiger charge is 2.22. The largest absolute Gasteiger partial charge is 0.494 e. The normalized spacial score (nSPS) is 18.1. The number of anilines is 1.